The lowest BCUT2D eigenvalue weighted by atomic mass is 9.61. The number of nitrogens with one attached hydrogen (secondary N) is 1. The van der Waals surface area contributed by atoms with Gasteiger partial charge >= 0.3 is 5.97 Å². The molecule has 108 valence electrons. The summed E-state index contributed by atoms with van der Waals surface area (Å²) >= 11 is 5.67. The van der Waals surface area contributed by atoms with Crippen LogP contribution in [0, 0.1) is 23.6 Å². The first-order valence-electron chi connectivity index (χ1n) is 6.73. The third-order valence-electron chi connectivity index (χ3n) is 4.52. The maximum atomic E-state index is 13.7. The Bertz CT molecular complexity index is 534. The van der Waals surface area contributed by atoms with E-state index in [1.54, 1.807) is 0 Å². The van der Waals surface area contributed by atoms with Gasteiger partial charge in [0.1, 0.15) is 0 Å². The maximum absolute atomic E-state index is 13.7. The van der Waals surface area contributed by atoms with Gasteiger partial charge in [0.05, 0.1) is 12.1 Å². The minimum Gasteiger partial charge on any atom is -0.481 e. The third kappa shape index (κ3) is 2.32. The molecule has 4 rings (SSSR count). The maximum Gasteiger partial charge on any atom is 0.308 e. The van der Waals surface area contributed by atoms with E-state index >= 15 is 0 Å². The lowest BCUT2D eigenvalue weighted by Gasteiger charge is -2.47. The van der Waals surface area contributed by atoms with Gasteiger partial charge in [0, 0.05) is 6.04 Å². The number of carboxylic acids is 1. The molecule has 0 aromatic carbocycles. The summed E-state index contributed by atoms with van der Waals surface area (Å²) in [5.74, 6) is -1.52. The molecule has 0 saturated heterocycles. The van der Waals surface area contributed by atoms with Crippen molar-refractivity contribution in [2.45, 2.75) is 31.7 Å². The van der Waals surface area contributed by atoms with Gasteiger partial charge in [-0.25, -0.2) is 9.37 Å². The molecule has 0 spiro atoms. The first-order chi connectivity index (χ1) is 9.56. The first kappa shape index (κ1) is 13.5. The Hall–Kier alpha value is -1.43. The summed E-state index contributed by atoms with van der Waals surface area (Å²) < 4.78 is 13.7. The highest BCUT2D eigenvalue weighted by atomic mass is 35.5. The van der Waals surface area contributed by atoms with Gasteiger partial charge in [0.25, 0.3) is 0 Å². The standard InChI is InChI=1S/C13H15ClFN3O2/c14-13-16-5-8(15)11(18-13)17-10-7-3-1-6(2-4-7)9(10)12(19)20/h5-7,9-10H,1-4H2,(H,19,20)(H,16,17,18)/t6?,7?,9?,10-/m0/s1. The molecular formula is C13H15ClFN3O2. The highest BCUT2D eigenvalue weighted by Crippen LogP contribution is 2.46. The second-order valence-electron chi connectivity index (χ2n) is 5.54. The van der Waals surface area contributed by atoms with Crippen molar-refractivity contribution in [1.29, 1.82) is 0 Å². The van der Waals surface area contributed by atoms with E-state index in [1.165, 1.54) is 0 Å². The number of nitrogens with zero attached hydrogens (tertiary/aromatic N) is 2. The monoisotopic (exact) mass is 299 g/mol. The molecule has 1 aromatic heterocycles. The van der Waals surface area contributed by atoms with E-state index in [4.69, 9.17) is 11.6 Å². The molecule has 1 unspecified atom stereocenters. The molecule has 20 heavy (non-hydrogen) atoms. The lowest BCUT2D eigenvalue weighted by molar-refractivity contribution is -0.148. The van der Waals surface area contributed by atoms with E-state index in [2.05, 4.69) is 15.3 Å². The van der Waals surface area contributed by atoms with Crippen molar-refractivity contribution in [3.63, 3.8) is 0 Å². The molecule has 2 atom stereocenters. The Labute approximate surface area is 120 Å². The Morgan fingerprint density at radius 3 is 2.65 bits per heavy atom. The molecule has 5 nitrogen and oxygen atoms in total. The van der Waals surface area contributed by atoms with Crippen LogP contribution in [0.1, 0.15) is 25.7 Å². The lowest BCUT2D eigenvalue weighted by Crippen LogP contribution is -2.51. The Morgan fingerprint density at radius 1 is 1.35 bits per heavy atom. The van der Waals surface area contributed by atoms with Crippen molar-refractivity contribution in [2.24, 2.45) is 17.8 Å². The molecule has 2 bridgehead atoms. The Morgan fingerprint density at radius 2 is 2.00 bits per heavy atom. The highest BCUT2D eigenvalue weighted by molar-refractivity contribution is 6.28. The average Bonchev–Trinajstić information content (AvgIpc) is 2.43. The van der Waals surface area contributed by atoms with E-state index < -0.39 is 17.7 Å². The number of aliphatic carboxylic acids is 1. The molecule has 3 aliphatic rings. The van der Waals surface area contributed by atoms with Gasteiger partial charge in [-0.05, 0) is 49.1 Å². The minimum absolute atomic E-state index is 0.00574. The predicted octanol–water partition coefficient (Wildman–Crippen LogP) is 2.57. The molecule has 0 aliphatic heterocycles. The van der Waals surface area contributed by atoms with Crippen LogP contribution < -0.4 is 5.32 Å². The van der Waals surface area contributed by atoms with Crippen molar-refractivity contribution in [2.75, 3.05) is 5.32 Å². The number of fused-ring (bicyclic) bond motifs is 3. The summed E-state index contributed by atoms with van der Waals surface area (Å²) in [5, 5.41) is 12.3. The highest BCUT2D eigenvalue weighted by Gasteiger charge is 2.47. The number of hydrogen-bond acceptors (Lipinski definition) is 4. The fraction of sp³-hybridized carbons (Fsp3) is 0.615. The average molecular weight is 300 g/mol. The van der Waals surface area contributed by atoms with Gasteiger partial charge in [0.2, 0.25) is 5.28 Å². The zero-order valence-electron chi connectivity index (χ0n) is 10.7. The van der Waals surface area contributed by atoms with Crippen molar-refractivity contribution >= 4 is 23.4 Å². The topological polar surface area (TPSA) is 75.1 Å². The normalized spacial score (nSPS) is 32.1. The zero-order chi connectivity index (χ0) is 14.3. The fourth-order valence-electron chi connectivity index (χ4n) is 3.62. The van der Waals surface area contributed by atoms with Crippen molar-refractivity contribution in [3.8, 4) is 0 Å². The van der Waals surface area contributed by atoms with Crippen LogP contribution in [-0.4, -0.2) is 27.1 Å². The molecule has 1 heterocycles. The van der Waals surface area contributed by atoms with Crippen LogP contribution in [0.25, 0.3) is 0 Å². The predicted molar refractivity (Wildman–Crippen MR) is 71.0 cm³/mol. The second kappa shape index (κ2) is 5.16. The smallest absolute Gasteiger partial charge is 0.308 e. The van der Waals surface area contributed by atoms with Crippen molar-refractivity contribution < 1.29 is 14.3 Å². The van der Waals surface area contributed by atoms with Crippen LogP contribution in [0.3, 0.4) is 0 Å². The number of rotatable bonds is 3. The van der Waals surface area contributed by atoms with E-state index in [9.17, 15) is 14.3 Å². The molecule has 3 saturated carbocycles. The van der Waals surface area contributed by atoms with E-state index in [0.29, 0.717) is 0 Å². The van der Waals surface area contributed by atoms with Crippen molar-refractivity contribution in [1.82, 2.24) is 9.97 Å². The minimum atomic E-state index is -0.822. The van der Waals surface area contributed by atoms with Crippen LogP contribution in [0.15, 0.2) is 6.20 Å². The summed E-state index contributed by atoms with van der Waals surface area (Å²) in [4.78, 5) is 18.9. The van der Waals surface area contributed by atoms with Crippen LogP contribution in [0.4, 0.5) is 10.2 Å². The van der Waals surface area contributed by atoms with E-state index in [1.807, 2.05) is 0 Å². The quantitative estimate of drug-likeness (QED) is 0.839. The Kier molecular flexibility index (Phi) is 3.50. The number of anilines is 1. The van der Waals surface area contributed by atoms with Gasteiger partial charge in [-0.1, -0.05) is 0 Å². The van der Waals surface area contributed by atoms with Crippen LogP contribution in [0.5, 0.6) is 0 Å². The van der Waals surface area contributed by atoms with Gasteiger partial charge in [0.15, 0.2) is 11.6 Å². The van der Waals surface area contributed by atoms with E-state index in [-0.39, 0.29) is 29.0 Å². The SMILES string of the molecule is O=C(O)C1C2CCC(CC2)[C@@H]1Nc1nc(Cl)ncc1F. The second-order valence-corrected chi connectivity index (χ2v) is 5.88. The molecular weight excluding hydrogens is 285 g/mol. The third-order valence-corrected chi connectivity index (χ3v) is 4.70. The van der Waals surface area contributed by atoms with Crippen LogP contribution >= 0.6 is 11.6 Å². The van der Waals surface area contributed by atoms with Crippen LogP contribution in [0.2, 0.25) is 5.28 Å². The first-order valence-corrected chi connectivity index (χ1v) is 7.11. The molecule has 1 aromatic rings. The molecule has 3 fully saturated rings. The largest absolute Gasteiger partial charge is 0.481 e. The van der Waals surface area contributed by atoms with E-state index in [0.717, 1.165) is 31.9 Å². The van der Waals surface area contributed by atoms with Gasteiger partial charge in [-0.15, -0.1) is 0 Å². The number of hydrogen-bond donors (Lipinski definition) is 2. The number of carboxylic acid groups (broad SMARTS) is 1. The summed E-state index contributed by atoms with van der Waals surface area (Å²) in [6.07, 6.45) is 4.83. The summed E-state index contributed by atoms with van der Waals surface area (Å²) in [6.45, 7) is 0. The summed E-state index contributed by atoms with van der Waals surface area (Å²) in [5.41, 5.74) is 0. The number of carbonyl (C=O) groups is 1. The van der Waals surface area contributed by atoms with Gasteiger partial charge in [-0.2, -0.15) is 4.98 Å². The number of halogens is 2. The van der Waals surface area contributed by atoms with Gasteiger partial charge in [-0.3, -0.25) is 4.79 Å². The summed E-state index contributed by atoms with van der Waals surface area (Å²) in [7, 11) is 0. The molecule has 2 N–H and O–H groups in total. The fourth-order valence-corrected chi connectivity index (χ4v) is 3.75. The molecule has 3 aliphatic carbocycles. The molecule has 0 amide bonds. The van der Waals surface area contributed by atoms with Gasteiger partial charge < -0.3 is 10.4 Å². The summed E-state index contributed by atoms with van der Waals surface area (Å²) in [6, 6.07) is -0.291. The van der Waals surface area contributed by atoms with Crippen molar-refractivity contribution in [3.05, 3.63) is 17.3 Å². The molecule has 7 heteroatoms. The molecule has 0 radical (unpaired) electrons. The number of aromatic nitrogens is 2. The van der Waals surface area contributed by atoms with Crippen LogP contribution in [-0.2, 0) is 4.79 Å². The zero-order valence-corrected chi connectivity index (χ0v) is 11.5. The Balaban J connectivity index is 1.87.